The molecule has 0 aliphatic carbocycles. The second-order valence-electron chi connectivity index (χ2n) is 3.71. The van der Waals surface area contributed by atoms with Crippen molar-refractivity contribution in [1.29, 1.82) is 0 Å². The van der Waals surface area contributed by atoms with Crippen molar-refractivity contribution in [3.05, 3.63) is 11.7 Å². The van der Waals surface area contributed by atoms with Gasteiger partial charge in [-0.05, 0) is 26.7 Å². The predicted octanol–water partition coefficient (Wildman–Crippen LogP) is 3.42. The van der Waals surface area contributed by atoms with Gasteiger partial charge in [-0.3, -0.25) is 0 Å². The number of alkyl halides is 1. The molecule has 0 saturated carbocycles. The Hall–Kier alpha value is -0.610. The van der Waals surface area contributed by atoms with Crippen LogP contribution < -0.4 is 0 Å². The topological polar surface area (TPSA) is 48.2 Å². The first-order valence-corrected chi connectivity index (χ1v) is 6.15. The molecule has 0 saturated heterocycles. The van der Waals surface area contributed by atoms with Crippen LogP contribution in [0.3, 0.4) is 0 Å². The SMILES string of the molecule is CCOC(CC)(CC)c1noc(C(C)Cl)n1. The Kier molecular flexibility index (Phi) is 4.74. The van der Waals surface area contributed by atoms with Crippen molar-refractivity contribution in [2.24, 2.45) is 0 Å². The van der Waals surface area contributed by atoms with Crippen molar-refractivity contribution < 1.29 is 9.26 Å². The van der Waals surface area contributed by atoms with E-state index in [0.29, 0.717) is 18.3 Å². The Morgan fingerprint density at radius 1 is 1.38 bits per heavy atom. The van der Waals surface area contributed by atoms with Crippen molar-refractivity contribution in [2.75, 3.05) is 6.61 Å². The quantitative estimate of drug-likeness (QED) is 0.722. The van der Waals surface area contributed by atoms with Gasteiger partial charge in [0, 0.05) is 6.61 Å². The summed E-state index contributed by atoms with van der Waals surface area (Å²) in [6.07, 6.45) is 1.62. The first-order valence-electron chi connectivity index (χ1n) is 5.71. The maximum absolute atomic E-state index is 5.89. The van der Waals surface area contributed by atoms with Crippen LogP contribution in [-0.2, 0) is 10.3 Å². The number of nitrogens with zero attached hydrogens (tertiary/aromatic N) is 2. The normalized spacial score (nSPS) is 14.1. The number of hydrogen-bond donors (Lipinski definition) is 0. The lowest BCUT2D eigenvalue weighted by atomic mass is 9.96. The summed E-state index contributed by atoms with van der Waals surface area (Å²) >= 11 is 5.89. The van der Waals surface area contributed by atoms with E-state index in [9.17, 15) is 0 Å². The molecule has 0 aliphatic rings. The average Bonchev–Trinajstić information content (AvgIpc) is 2.76. The summed E-state index contributed by atoms with van der Waals surface area (Å²) in [6, 6.07) is 0. The summed E-state index contributed by atoms with van der Waals surface area (Å²) in [6.45, 7) is 8.50. The van der Waals surface area contributed by atoms with Crippen LogP contribution in [0.4, 0.5) is 0 Å². The minimum atomic E-state index is -0.442. The molecular formula is C11H19ClN2O2. The summed E-state index contributed by atoms with van der Waals surface area (Å²) in [5, 5.41) is 3.71. The smallest absolute Gasteiger partial charge is 0.244 e. The Morgan fingerprint density at radius 2 is 2.00 bits per heavy atom. The van der Waals surface area contributed by atoms with Crippen LogP contribution >= 0.6 is 11.6 Å². The minimum absolute atomic E-state index is 0.269. The van der Waals surface area contributed by atoms with Gasteiger partial charge in [0.15, 0.2) is 0 Å². The maximum atomic E-state index is 5.89. The van der Waals surface area contributed by atoms with Gasteiger partial charge in [0.05, 0.1) is 0 Å². The van der Waals surface area contributed by atoms with E-state index in [0.717, 1.165) is 12.8 Å². The second kappa shape index (κ2) is 5.64. The molecule has 0 aliphatic heterocycles. The molecule has 0 spiro atoms. The predicted molar refractivity (Wildman–Crippen MR) is 62.5 cm³/mol. The van der Waals surface area contributed by atoms with E-state index in [-0.39, 0.29) is 5.38 Å². The third kappa shape index (κ3) is 2.55. The van der Waals surface area contributed by atoms with Crippen molar-refractivity contribution in [3.8, 4) is 0 Å². The van der Waals surface area contributed by atoms with Gasteiger partial charge in [-0.1, -0.05) is 19.0 Å². The van der Waals surface area contributed by atoms with Gasteiger partial charge >= 0.3 is 0 Å². The molecule has 1 rings (SSSR count). The Bertz CT molecular complexity index is 322. The molecule has 0 aromatic carbocycles. The standard InChI is InChI=1S/C11H19ClN2O2/c1-5-11(6-2,15-7-3)10-13-9(8(4)12)16-14-10/h8H,5-7H2,1-4H3. The Balaban J connectivity index is 3.00. The lowest BCUT2D eigenvalue weighted by Crippen LogP contribution is -2.29. The zero-order chi connectivity index (χ0) is 12.2. The summed E-state index contributed by atoms with van der Waals surface area (Å²) in [5.74, 6) is 1.05. The van der Waals surface area contributed by atoms with Crippen LogP contribution in [0.5, 0.6) is 0 Å². The van der Waals surface area contributed by atoms with Gasteiger partial charge in [0.2, 0.25) is 11.7 Å². The summed E-state index contributed by atoms with van der Waals surface area (Å²) in [4.78, 5) is 4.31. The summed E-state index contributed by atoms with van der Waals surface area (Å²) in [5.41, 5.74) is -0.442. The fourth-order valence-electron chi connectivity index (χ4n) is 1.69. The van der Waals surface area contributed by atoms with Crippen molar-refractivity contribution in [3.63, 3.8) is 0 Å². The number of ether oxygens (including phenoxy) is 1. The van der Waals surface area contributed by atoms with Gasteiger partial charge in [0.25, 0.3) is 0 Å². The minimum Gasteiger partial charge on any atom is -0.367 e. The van der Waals surface area contributed by atoms with Gasteiger partial charge < -0.3 is 9.26 Å². The molecule has 5 heteroatoms. The van der Waals surface area contributed by atoms with Gasteiger partial charge in [0.1, 0.15) is 11.0 Å². The highest BCUT2D eigenvalue weighted by molar-refractivity contribution is 6.20. The number of hydrogen-bond acceptors (Lipinski definition) is 4. The van der Waals surface area contributed by atoms with Crippen LogP contribution in [0.15, 0.2) is 4.52 Å². The van der Waals surface area contributed by atoms with Gasteiger partial charge in [-0.25, -0.2) is 0 Å². The number of rotatable bonds is 6. The fourth-order valence-corrected chi connectivity index (χ4v) is 1.78. The Morgan fingerprint density at radius 3 is 2.38 bits per heavy atom. The molecule has 1 heterocycles. The third-order valence-corrected chi connectivity index (χ3v) is 2.94. The highest BCUT2D eigenvalue weighted by Gasteiger charge is 2.34. The lowest BCUT2D eigenvalue weighted by molar-refractivity contribution is -0.0583. The Labute approximate surface area is 101 Å². The van der Waals surface area contributed by atoms with E-state index in [1.54, 1.807) is 6.92 Å². The maximum Gasteiger partial charge on any atom is 0.244 e. The number of halogens is 1. The molecule has 0 radical (unpaired) electrons. The summed E-state index contributed by atoms with van der Waals surface area (Å²) in [7, 11) is 0. The van der Waals surface area contributed by atoms with E-state index < -0.39 is 5.60 Å². The highest BCUT2D eigenvalue weighted by Crippen LogP contribution is 2.32. The van der Waals surface area contributed by atoms with Crippen LogP contribution in [0.2, 0.25) is 0 Å². The molecule has 0 amide bonds. The first-order chi connectivity index (χ1) is 7.59. The molecule has 16 heavy (non-hydrogen) atoms. The van der Waals surface area contributed by atoms with Crippen molar-refractivity contribution >= 4 is 11.6 Å². The van der Waals surface area contributed by atoms with E-state index in [4.69, 9.17) is 20.9 Å². The molecular weight excluding hydrogens is 228 g/mol. The number of aromatic nitrogens is 2. The molecule has 92 valence electrons. The van der Waals surface area contributed by atoms with E-state index in [1.807, 2.05) is 6.92 Å². The molecule has 1 atom stereocenters. The third-order valence-electron chi connectivity index (χ3n) is 2.75. The zero-order valence-electron chi connectivity index (χ0n) is 10.3. The van der Waals surface area contributed by atoms with Crippen LogP contribution in [-0.4, -0.2) is 16.7 Å². The fraction of sp³-hybridized carbons (Fsp3) is 0.818. The van der Waals surface area contributed by atoms with Crippen LogP contribution in [0, 0.1) is 0 Å². The molecule has 4 nitrogen and oxygen atoms in total. The van der Waals surface area contributed by atoms with E-state index in [1.165, 1.54) is 0 Å². The molecule has 1 unspecified atom stereocenters. The van der Waals surface area contributed by atoms with Crippen LogP contribution in [0.25, 0.3) is 0 Å². The zero-order valence-corrected chi connectivity index (χ0v) is 11.0. The van der Waals surface area contributed by atoms with E-state index in [2.05, 4.69) is 24.0 Å². The molecule has 0 fully saturated rings. The highest BCUT2D eigenvalue weighted by atomic mass is 35.5. The first kappa shape index (κ1) is 13.5. The van der Waals surface area contributed by atoms with Crippen molar-refractivity contribution in [1.82, 2.24) is 10.1 Å². The second-order valence-corrected chi connectivity index (χ2v) is 4.36. The summed E-state index contributed by atoms with van der Waals surface area (Å²) < 4.78 is 10.9. The van der Waals surface area contributed by atoms with Gasteiger partial charge in [-0.15, -0.1) is 11.6 Å². The van der Waals surface area contributed by atoms with Crippen LogP contribution in [0.1, 0.15) is 57.6 Å². The van der Waals surface area contributed by atoms with E-state index >= 15 is 0 Å². The largest absolute Gasteiger partial charge is 0.367 e. The average molecular weight is 247 g/mol. The van der Waals surface area contributed by atoms with Crippen molar-refractivity contribution in [2.45, 2.75) is 51.5 Å². The molecule has 1 aromatic heterocycles. The lowest BCUT2D eigenvalue weighted by Gasteiger charge is -2.27. The molecule has 0 bridgehead atoms. The molecule has 0 N–H and O–H groups in total. The van der Waals surface area contributed by atoms with Gasteiger partial charge in [-0.2, -0.15) is 4.98 Å². The monoisotopic (exact) mass is 246 g/mol. The molecule has 1 aromatic rings.